The van der Waals surface area contributed by atoms with E-state index in [9.17, 15) is 4.79 Å². The van der Waals surface area contributed by atoms with Crippen LogP contribution in [0.5, 0.6) is 0 Å². The fourth-order valence-electron chi connectivity index (χ4n) is 2.17. The zero-order chi connectivity index (χ0) is 15.2. The van der Waals surface area contributed by atoms with Crippen LogP contribution in [0.3, 0.4) is 0 Å². The predicted molar refractivity (Wildman–Crippen MR) is 85.0 cm³/mol. The Hall–Kier alpha value is -1.31. The van der Waals surface area contributed by atoms with Crippen molar-refractivity contribution in [2.75, 3.05) is 44.5 Å². The molecule has 0 aliphatic heterocycles. The molecule has 1 aliphatic rings. The van der Waals surface area contributed by atoms with Crippen molar-refractivity contribution in [2.45, 2.75) is 25.2 Å². The number of primary amides is 1. The lowest BCUT2D eigenvalue weighted by molar-refractivity contribution is 0.0705. The molecule has 0 saturated heterocycles. The molecule has 1 fully saturated rings. The molecule has 0 radical (unpaired) electrons. The first kappa shape index (κ1) is 16.1. The molecule has 6 nitrogen and oxygen atoms in total. The molecular formula is C14H23N3O3S. The summed E-state index contributed by atoms with van der Waals surface area (Å²) in [6, 6.07) is 0. The van der Waals surface area contributed by atoms with Crippen molar-refractivity contribution in [1.82, 2.24) is 0 Å². The Morgan fingerprint density at radius 2 is 2.14 bits per heavy atom. The normalized spacial score (nSPS) is 14.3. The van der Waals surface area contributed by atoms with Crippen LogP contribution in [0.25, 0.3) is 0 Å². The summed E-state index contributed by atoms with van der Waals surface area (Å²) in [7, 11) is 1.65. The van der Waals surface area contributed by atoms with Gasteiger partial charge >= 0.3 is 0 Å². The number of methoxy groups -OCH3 is 1. The Kier molecular flexibility index (Phi) is 5.84. The van der Waals surface area contributed by atoms with E-state index < -0.39 is 5.91 Å². The molecular weight excluding hydrogens is 290 g/mol. The van der Waals surface area contributed by atoms with Gasteiger partial charge in [0.15, 0.2) is 0 Å². The van der Waals surface area contributed by atoms with Gasteiger partial charge < -0.3 is 26.3 Å². The Labute approximate surface area is 128 Å². The lowest BCUT2D eigenvalue weighted by Gasteiger charge is -2.08. The molecule has 0 spiro atoms. The van der Waals surface area contributed by atoms with E-state index in [2.05, 4.69) is 5.32 Å². The van der Waals surface area contributed by atoms with Crippen LogP contribution >= 0.6 is 11.3 Å². The van der Waals surface area contributed by atoms with Crippen molar-refractivity contribution in [1.29, 1.82) is 0 Å². The van der Waals surface area contributed by atoms with Crippen LogP contribution < -0.4 is 16.8 Å². The van der Waals surface area contributed by atoms with E-state index in [1.807, 2.05) is 0 Å². The SMILES string of the molecule is COCCOCCCNc1sc(C(N)=O)c(N)c1C1CC1. The maximum absolute atomic E-state index is 11.4. The zero-order valence-corrected chi connectivity index (χ0v) is 13.1. The number of nitrogens with two attached hydrogens (primary N) is 2. The van der Waals surface area contributed by atoms with Crippen LogP contribution in [0.1, 0.15) is 40.4 Å². The minimum atomic E-state index is -0.449. The molecule has 118 valence electrons. The third-order valence-corrected chi connectivity index (χ3v) is 4.57. The number of amides is 1. The fourth-order valence-corrected chi connectivity index (χ4v) is 3.25. The van der Waals surface area contributed by atoms with Gasteiger partial charge in [0.25, 0.3) is 5.91 Å². The molecule has 21 heavy (non-hydrogen) atoms. The van der Waals surface area contributed by atoms with Gasteiger partial charge in [-0.2, -0.15) is 0 Å². The molecule has 0 atom stereocenters. The highest BCUT2D eigenvalue weighted by Crippen LogP contribution is 2.50. The molecule has 0 aromatic carbocycles. The van der Waals surface area contributed by atoms with Gasteiger partial charge in [-0.05, 0) is 25.2 Å². The highest BCUT2D eigenvalue weighted by Gasteiger charge is 2.32. The van der Waals surface area contributed by atoms with Gasteiger partial charge in [0, 0.05) is 25.8 Å². The van der Waals surface area contributed by atoms with E-state index in [4.69, 9.17) is 20.9 Å². The van der Waals surface area contributed by atoms with Crippen LogP contribution in [0, 0.1) is 0 Å². The summed E-state index contributed by atoms with van der Waals surface area (Å²) in [6.45, 7) is 2.69. The molecule has 7 heteroatoms. The first-order valence-corrected chi connectivity index (χ1v) is 7.99. The maximum Gasteiger partial charge on any atom is 0.260 e. The Morgan fingerprint density at radius 1 is 1.38 bits per heavy atom. The van der Waals surface area contributed by atoms with Gasteiger partial charge in [-0.15, -0.1) is 11.3 Å². The smallest absolute Gasteiger partial charge is 0.260 e. The largest absolute Gasteiger partial charge is 0.397 e. The second kappa shape index (κ2) is 7.63. The first-order valence-electron chi connectivity index (χ1n) is 7.17. The van der Waals surface area contributed by atoms with E-state index in [1.54, 1.807) is 7.11 Å². The standard InChI is InChI=1S/C14H23N3O3S/c1-19-7-8-20-6-2-5-17-14-10(9-3-4-9)11(15)12(21-14)13(16)18/h9,17H,2-8,15H2,1H3,(H2,16,18). The molecule has 0 bridgehead atoms. The summed E-state index contributed by atoms with van der Waals surface area (Å²) in [6.07, 6.45) is 3.15. The number of hydrogen-bond acceptors (Lipinski definition) is 6. The Morgan fingerprint density at radius 3 is 2.76 bits per heavy atom. The van der Waals surface area contributed by atoms with E-state index in [0.717, 1.165) is 36.4 Å². The summed E-state index contributed by atoms with van der Waals surface area (Å²) >= 11 is 1.36. The van der Waals surface area contributed by atoms with Crippen molar-refractivity contribution >= 4 is 27.9 Å². The van der Waals surface area contributed by atoms with E-state index in [-0.39, 0.29) is 0 Å². The van der Waals surface area contributed by atoms with E-state index >= 15 is 0 Å². The minimum Gasteiger partial charge on any atom is -0.397 e. The van der Waals surface area contributed by atoms with Gasteiger partial charge in [0.2, 0.25) is 0 Å². The number of anilines is 2. The number of nitrogens with one attached hydrogen (secondary N) is 1. The van der Waals surface area contributed by atoms with Gasteiger partial charge in [-0.1, -0.05) is 0 Å². The predicted octanol–water partition coefficient (Wildman–Crippen LogP) is 1.77. The summed E-state index contributed by atoms with van der Waals surface area (Å²) in [5.41, 5.74) is 13.1. The first-order chi connectivity index (χ1) is 10.1. The average molecular weight is 313 g/mol. The van der Waals surface area contributed by atoms with E-state index in [1.165, 1.54) is 11.3 Å². The lowest BCUT2D eigenvalue weighted by Crippen LogP contribution is -2.11. The van der Waals surface area contributed by atoms with Crippen molar-refractivity contribution < 1.29 is 14.3 Å². The second-order valence-corrected chi connectivity index (χ2v) is 6.13. The van der Waals surface area contributed by atoms with Crippen LogP contribution in [0.2, 0.25) is 0 Å². The number of nitrogen functional groups attached to an aromatic ring is 1. The number of ether oxygens (including phenoxy) is 2. The van der Waals surface area contributed by atoms with Crippen molar-refractivity contribution in [3.8, 4) is 0 Å². The van der Waals surface area contributed by atoms with Crippen molar-refractivity contribution in [3.63, 3.8) is 0 Å². The summed E-state index contributed by atoms with van der Waals surface area (Å²) in [5, 5.41) is 4.35. The van der Waals surface area contributed by atoms with Gasteiger partial charge in [-0.3, -0.25) is 4.79 Å². The van der Waals surface area contributed by atoms with Crippen LogP contribution in [-0.4, -0.2) is 39.4 Å². The van der Waals surface area contributed by atoms with E-state index in [0.29, 0.717) is 36.3 Å². The molecule has 2 rings (SSSR count). The maximum atomic E-state index is 11.4. The Balaban J connectivity index is 1.85. The van der Waals surface area contributed by atoms with Crippen molar-refractivity contribution in [3.05, 3.63) is 10.4 Å². The summed E-state index contributed by atoms with van der Waals surface area (Å²) < 4.78 is 10.3. The minimum absolute atomic E-state index is 0.449. The number of carbonyl (C=O) groups is 1. The van der Waals surface area contributed by atoms with Gasteiger partial charge in [0.05, 0.1) is 23.9 Å². The highest BCUT2D eigenvalue weighted by atomic mass is 32.1. The van der Waals surface area contributed by atoms with Gasteiger partial charge in [0.1, 0.15) is 4.88 Å². The third kappa shape index (κ3) is 4.33. The quantitative estimate of drug-likeness (QED) is 0.572. The molecule has 1 aromatic heterocycles. The molecule has 1 saturated carbocycles. The number of hydrogen-bond donors (Lipinski definition) is 3. The zero-order valence-electron chi connectivity index (χ0n) is 12.3. The number of thiophene rings is 1. The topological polar surface area (TPSA) is 99.6 Å². The molecule has 1 aliphatic carbocycles. The van der Waals surface area contributed by atoms with Crippen LogP contribution in [-0.2, 0) is 9.47 Å². The number of carbonyl (C=O) groups excluding carboxylic acids is 1. The average Bonchev–Trinajstić information content (AvgIpc) is 3.22. The molecule has 5 N–H and O–H groups in total. The molecule has 1 heterocycles. The molecule has 1 aromatic rings. The monoisotopic (exact) mass is 313 g/mol. The summed E-state index contributed by atoms with van der Waals surface area (Å²) in [4.78, 5) is 11.9. The summed E-state index contributed by atoms with van der Waals surface area (Å²) in [5.74, 6) is 0.0325. The Bertz CT molecular complexity index is 486. The number of rotatable bonds is 10. The molecule has 0 unspecified atom stereocenters. The molecule has 1 amide bonds. The fraction of sp³-hybridized carbons (Fsp3) is 0.643. The lowest BCUT2D eigenvalue weighted by atomic mass is 10.1. The third-order valence-electron chi connectivity index (χ3n) is 3.38. The van der Waals surface area contributed by atoms with Crippen molar-refractivity contribution in [2.24, 2.45) is 5.73 Å². The second-order valence-electron chi connectivity index (χ2n) is 5.11. The van der Waals surface area contributed by atoms with Crippen LogP contribution in [0.15, 0.2) is 0 Å². The van der Waals surface area contributed by atoms with Crippen LogP contribution in [0.4, 0.5) is 10.7 Å². The van der Waals surface area contributed by atoms with Gasteiger partial charge in [-0.25, -0.2) is 0 Å². The highest BCUT2D eigenvalue weighted by molar-refractivity contribution is 7.18.